The molecule has 1 atom stereocenters. The summed E-state index contributed by atoms with van der Waals surface area (Å²) in [7, 11) is 0. The maximum Gasteiger partial charge on any atom is 0.124 e. The summed E-state index contributed by atoms with van der Waals surface area (Å²) in [6.45, 7) is 8.42. The highest BCUT2D eigenvalue weighted by molar-refractivity contribution is 5.33. The molecule has 1 fully saturated rings. The number of benzene rings is 1. The molecular formula is C15H19FN2O. The molecule has 0 aromatic heterocycles. The molecule has 102 valence electrons. The van der Waals surface area contributed by atoms with Crippen LogP contribution in [-0.4, -0.2) is 29.7 Å². The van der Waals surface area contributed by atoms with Gasteiger partial charge in [0.25, 0.3) is 0 Å². The highest BCUT2D eigenvalue weighted by atomic mass is 19.1. The fraction of sp³-hybridized carbons (Fsp3) is 0.533. The van der Waals surface area contributed by atoms with Crippen molar-refractivity contribution < 1.29 is 9.13 Å². The van der Waals surface area contributed by atoms with Gasteiger partial charge in [0.05, 0.1) is 23.3 Å². The first-order chi connectivity index (χ1) is 8.88. The molecule has 1 aromatic rings. The molecule has 1 aromatic carbocycles. The lowest BCUT2D eigenvalue weighted by molar-refractivity contribution is -0.130. The Bertz CT molecular complexity index is 507. The third-order valence-corrected chi connectivity index (χ3v) is 3.13. The van der Waals surface area contributed by atoms with E-state index in [0.717, 1.165) is 18.7 Å². The first-order valence-corrected chi connectivity index (χ1v) is 6.48. The molecule has 0 aliphatic carbocycles. The van der Waals surface area contributed by atoms with E-state index in [1.54, 1.807) is 6.07 Å². The van der Waals surface area contributed by atoms with Gasteiger partial charge in [0.2, 0.25) is 0 Å². The van der Waals surface area contributed by atoms with Crippen LogP contribution in [0.1, 0.15) is 31.9 Å². The predicted octanol–water partition coefficient (Wildman–Crippen LogP) is 2.70. The largest absolute Gasteiger partial charge is 0.370 e. The van der Waals surface area contributed by atoms with Gasteiger partial charge in [-0.3, -0.25) is 4.90 Å². The Hall–Kier alpha value is -1.44. The van der Waals surface area contributed by atoms with E-state index < -0.39 is 0 Å². The second kappa shape index (κ2) is 5.28. The van der Waals surface area contributed by atoms with Crippen LogP contribution in [0.25, 0.3) is 0 Å². The predicted molar refractivity (Wildman–Crippen MR) is 71.0 cm³/mol. The molecule has 2 rings (SSSR count). The Morgan fingerprint density at radius 1 is 1.47 bits per heavy atom. The van der Waals surface area contributed by atoms with Crippen LogP contribution in [0, 0.1) is 17.1 Å². The maximum absolute atomic E-state index is 13.4. The van der Waals surface area contributed by atoms with Crippen molar-refractivity contribution in [3.05, 3.63) is 35.1 Å². The lowest BCUT2D eigenvalue weighted by Gasteiger charge is -2.41. The van der Waals surface area contributed by atoms with Gasteiger partial charge in [0.1, 0.15) is 5.82 Å². The summed E-state index contributed by atoms with van der Waals surface area (Å²) >= 11 is 0. The van der Waals surface area contributed by atoms with E-state index in [4.69, 9.17) is 10.00 Å². The highest BCUT2D eigenvalue weighted by Crippen LogP contribution is 2.22. The van der Waals surface area contributed by atoms with Crippen LogP contribution in [-0.2, 0) is 11.3 Å². The van der Waals surface area contributed by atoms with E-state index in [1.807, 2.05) is 13.0 Å². The number of nitrogens with zero attached hydrogens (tertiary/aromatic N) is 2. The Morgan fingerprint density at radius 2 is 2.21 bits per heavy atom. The van der Waals surface area contributed by atoms with Crippen LogP contribution in [0.4, 0.5) is 4.39 Å². The summed E-state index contributed by atoms with van der Waals surface area (Å²) < 4.78 is 19.2. The zero-order chi connectivity index (χ0) is 14.0. The molecule has 0 bridgehead atoms. The van der Waals surface area contributed by atoms with Gasteiger partial charge in [-0.25, -0.2) is 4.39 Å². The fourth-order valence-corrected chi connectivity index (χ4v) is 2.77. The van der Waals surface area contributed by atoms with E-state index in [9.17, 15) is 4.39 Å². The minimum absolute atomic E-state index is 0.160. The molecule has 1 saturated heterocycles. The van der Waals surface area contributed by atoms with Crippen molar-refractivity contribution >= 4 is 0 Å². The molecule has 0 saturated carbocycles. The van der Waals surface area contributed by atoms with Crippen LogP contribution in [0.15, 0.2) is 18.2 Å². The van der Waals surface area contributed by atoms with Gasteiger partial charge in [-0.2, -0.15) is 5.26 Å². The first kappa shape index (κ1) is 14.0. The number of nitriles is 1. The van der Waals surface area contributed by atoms with Gasteiger partial charge < -0.3 is 4.74 Å². The highest BCUT2D eigenvalue weighted by Gasteiger charge is 2.31. The van der Waals surface area contributed by atoms with Crippen LogP contribution in [0.3, 0.4) is 0 Å². The number of hydrogen-bond donors (Lipinski definition) is 0. The Morgan fingerprint density at radius 3 is 2.84 bits per heavy atom. The van der Waals surface area contributed by atoms with Crippen molar-refractivity contribution in [1.29, 1.82) is 5.26 Å². The summed E-state index contributed by atoms with van der Waals surface area (Å²) in [5, 5.41) is 8.87. The summed E-state index contributed by atoms with van der Waals surface area (Å²) in [6, 6.07) is 6.49. The zero-order valence-electron chi connectivity index (χ0n) is 11.6. The van der Waals surface area contributed by atoms with Crippen molar-refractivity contribution in [2.45, 2.75) is 39.0 Å². The van der Waals surface area contributed by atoms with Crippen LogP contribution in [0.5, 0.6) is 0 Å². The Balaban J connectivity index is 2.13. The van der Waals surface area contributed by atoms with Crippen LogP contribution < -0.4 is 0 Å². The SMILES string of the molecule is CC1CN(Cc2cc(F)cc(C#N)c2)CC(C)(C)O1. The van der Waals surface area contributed by atoms with Crippen molar-refractivity contribution in [1.82, 2.24) is 4.90 Å². The normalized spacial score (nSPS) is 23.0. The summed E-state index contributed by atoms with van der Waals surface area (Å²) in [5.74, 6) is -0.352. The zero-order valence-corrected chi connectivity index (χ0v) is 11.6. The molecule has 19 heavy (non-hydrogen) atoms. The second-order valence-electron chi connectivity index (χ2n) is 5.82. The fourth-order valence-electron chi connectivity index (χ4n) is 2.77. The third-order valence-electron chi connectivity index (χ3n) is 3.13. The number of halogens is 1. The molecule has 0 N–H and O–H groups in total. The standard InChI is InChI=1S/C15H19FN2O/c1-11-8-18(10-15(2,3)19-11)9-13-4-12(7-17)5-14(16)6-13/h4-6,11H,8-10H2,1-3H3. The van der Waals surface area contributed by atoms with Gasteiger partial charge in [-0.15, -0.1) is 0 Å². The number of rotatable bonds is 2. The molecule has 0 amide bonds. The van der Waals surface area contributed by atoms with Crippen LogP contribution in [0.2, 0.25) is 0 Å². The third kappa shape index (κ3) is 3.76. The van der Waals surface area contributed by atoms with Crippen molar-refractivity contribution in [2.75, 3.05) is 13.1 Å². The number of ether oxygens (including phenoxy) is 1. The molecule has 0 radical (unpaired) electrons. The molecule has 1 heterocycles. The minimum atomic E-state index is -0.352. The average Bonchev–Trinajstić information content (AvgIpc) is 2.24. The van der Waals surface area contributed by atoms with E-state index >= 15 is 0 Å². The number of morpholine rings is 1. The van der Waals surface area contributed by atoms with E-state index in [-0.39, 0.29) is 17.5 Å². The molecule has 0 spiro atoms. The van der Waals surface area contributed by atoms with Gasteiger partial charge in [0.15, 0.2) is 0 Å². The summed E-state index contributed by atoms with van der Waals surface area (Å²) in [4.78, 5) is 2.24. The van der Waals surface area contributed by atoms with E-state index in [1.165, 1.54) is 12.1 Å². The van der Waals surface area contributed by atoms with E-state index in [2.05, 4.69) is 18.7 Å². The molecule has 1 unspecified atom stereocenters. The molecule has 4 heteroatoms. The smallest absolute Gasteiger partial charge is 0.124 e. The van der Waals surface area contributed by atoms with Gasteiger partial charge >= 0.3 is 0 Å². The lowest BCUT2D eigenvalue weighted by atomic mass is 10.0. The lowest BCUT2D eigenvalue weighted by Crippen LogP contribution is -2.51. The van der Waals surface area contributed by atoms with Gasteiger partial charge in [-0.05, 0) is 44.5 Å². The topological polar surface area (TPSA) is 36.3 Å². The first-order valence-electron chi connectivity index (χ1n) is 6.48. The Labute approximate surface area is 113 Å². The quantitative estimate of drug-likeness (QED) is 0.822. The summed E-state index contributed by atoms with van der Waals surface area (Å²) in [6.07, 6.45) is 0.160. The number of hydrogen-bond acceptors (Lipinski definition) is 3. The maximum atomic E-state index is 13.4. The second-order valence-corrected chi connectivity index (χ2v) is 5.82. The van der Waals surface area contributed by atoms with Crippen molar-refractivity contribution in [2.24, 2.45) is 0 Å². The van der Waals surface area contributed by atoms with Crippen molar-refractivity contribution in [3.8, 4) is 6.07 Å². The average molecular weight is 262 g/mol. The molecule has 1 aliphatic heterocycles. The Kier molecular flexibility index (Phi) is 3.88. The van der Waals surface area contributed by atoms with Crippen molar-refractivity contribution in [3.63, 3.8) is 0 Å². The monoisotopic (exact) mass is 262 g/mol. The van der Waals surface area contributed by atoms with Gasteiger partial charge in [-0.1, -0.05) is 0 Å². The van der Waals surface area contributed by atoms with E-state index in [0.29, 0.717) is 12.1 Å². The molecule has 3 nitrogen and oxygen atoms in total. The van der Waals surface area contributed by atoms with Gasteiger partial charge in [0, 0.05) is 19.6 Å². The molecule has 1 aliphatic rings. The minimum Gasteiger partial charge on any atom is -0.370 e. The summed E-state index contributed by atoms with van der Waals surface area (Å²) in [5.41, 5.74) is 1.01. The molecular weight excluding hydrogens is 243 g/mol. The van der Waals surface area contributed by atoms with Crippen LogP contribution >= 0.6 is 0 Å².